The molecule has 1 aromatic carbocycles. The maximum absolute atomic E-state index is 12.4. The Morgan fingerprint density at radius 3 is 2.85 bits per heavy atom. The molecule has 20 heavy (non-hydrogen) atoms. The molecule has 0 bridgehead atoms. The monoisotopic (exact) mass is 273 g/mol. The van der Waals surface area contributed by atoms with E-state index in [1.54, 1.807) is 9.80 Å². The lowest BCUT2D eigenvalue weighted by atomic mass is 10.1. The Labute approximate surface area is 118 Å². The van der Waals surface area contributed by atoms with E-state index in [2.05, 4.69) is 0 Å². The molecular weight excluding hydrogens is 254 g/mol. The highest BCUT2D eigenvalue weighted by molar-refractivity contribution is 5.95. The van der Waals surface area contributed by atoms with Crippen LogP contribution in [0.1, 0.15) is 24.0 Å². The third-order valence-corrected chi connectivity index (χ3v) is 4.10. The second kappa shape index (κ2) is 5.25. The van der Waals surface area contributed by atoms with Crippen molar-refractivity contribution in [2.24, 2.45) is 5.73 Å². The van der Waals surface area contributed by atoms with Crippen molar-refractivity contribution >= 4 is 11.8 Å². The first kappa shape index (κ1) is 13.1. The van der Waals surface area contributed by atoms with Crippen LogP contribution >= 0.6 is 0 Å². The number of nitrogens with zero attached hydrogens (tertiary/aromatic N) is 2. The van der Waals surface area contributed by atoms with E-state index in [9.17, 15) is 9.59 Å². The van der Waals surface area contributed by atoms with Crippen molar-refractivity contribution in [1.29, 1.82) is 0 Å². The summed E-state index contributed by atoms with van der Waals surface area (Å²) in [6.45, 7) is 1.90. The zero-order valence-electron chi connectivity index (χ0n) is 11.4. The summed E-state index contributed by atoms with van der Waals surface area (Å²) in [7, 11) is 0. The molecule has 2 fully saturated rings. The Kier molecular flexibility index (Phi) is 3.44. The van der Waals surface area contributed by atoms with E-state index in [0.717, 1.165) is 30.5 Å². The summed E-state index contributed by atoms with van der Waals surface area (Å²) in [4.78, 5) is 27.9. The van der Waals surface area contributed by atoms with Gasteiger partial charge < -0.3 is 15.5 Å². The van der Waals surface area contributed by atoms with Crippen LogP contribution in [-0.4, -0.2) is 40.7 Å². The number of piperazine rings is 1. The molecule has 0 aliphatic carbocycles. The molecule has 0 saturated carbocycles. The first-order chi connectivity index (χ1) is 9.69. The summed E-state index contributed by atoms with van der Waals surface area (Å²) in [5.74, 6) is 0.155. The Balaban J connectivity index is 1.76. The van der Waals surface area contributed by atoms with E-state index < -0.39 is 0 Å². The smallest absolute Gasteiger partial charge is 0.246 e. The lowest BCUT2D eigenvalue weighted by Crippen LogP contribution is -2.56. The second-order valence-corrected chi connectivity index (χ2v) is 5.46. The minimum Gasteiger partial charge on any atom is -0.329 e. The van der Waals surface area contributed by atoms with Crippen molar-refractivity contribution in [3.63, 3.8) is 0 Å². The predicted molar refractivity (Wildman–Crippen MR) is 74.5 cm³/mol. The number of carbonyl (C=O) groups is 2. The minimum absolute atomic E-state index is 0.0714. The molecule has 2 amide bonds. The molecule has 2 aliphatic heterocycles. The fourth-order valence-corrected chi connectivity index (χ4v) is 3.07. The molecular formula is C15H19N3O2. The summed E-state index contributed by atoms with van der Waals surface area (Å²) in [5.41, 5.74) is 7.70. The normalized spacial score (nSPS) is 22.4. The SMILES string of the molecule is NCc1cccc(CN2CC(=O)N3CCCC3C2=O)c1. The van der Waals surface area contributed by atoms with Gasteiger partial charge in [0.2, 0.25) is 11.8 Å². The molecule has 1 unspecified atom stereocenters. The highest BCUT2D eigenvalue weighted by Crippen LogP contribution is 2.24. The van der Waals surface area contributed by atoms with E-state index in [1.165, 1.54) is 0 Å². The highest BCUT2D eigenvalue weighted by Gasteiger charge is 2.41. The van der Waals surface area contributed by atoms with Gasteiger partial charge in [-0.05, 0) is 24.0 Å². The quantitative estimate of drug-likeness (QED) is 0.871. The highest BCUT2D eigenvalue weighted by atomic mass is 16.2. The number of rotatable bonds is 3. The van der Waals surface area contributed by atoms with E-state index in [4.69, 9.17) is 5.73 Å². The van der Waals surface area contributed by atoms with Gasteiger partial charge >= 0.3 is 0 Å². The van der Waals surface area contributed by atoms with Crippen molar-refractivity contribution in [2.45, 2.75) is 32.0 Å². The summed E-state index contributed by atoms with van der Waals surface area (Å²) in [5, 5.41) is 0. The van der Waals surface area contributed by atoms with Crippen LogP contribution in [0.4, 0.5) is 0 Å². The van der Waals surface area contributed by atoms with Crippen LogP contribution in [-0.2, 0) is 22.7 Å². The largest absolute Gasteiger partial charge is 0.329 e. The zero-order chi connectivity index (χ0) is 14.1. The number of carbonyl (C=O) groups excluding carboxylic acids is 2. The van der Waals surface area contributed by atoms with Crippen LogP contribution in [0.5, 0.6) is 0 Å². The third-order valence-electron chi connectivity index (χ3n) is 4.10. The Morgan fingerprint density at radius 1 is 1.25 bits per heavy atom. The van der Waals surface area contributed by atoms with Crippen molar-refractivity contribution in [1.82, 2.24) is 9.80 Å². The topological polar surface area (TPSA) is 66.6 Å². The van der Waals surface area contributed by atoms with Gasteiger partial charge in [-0.3, -0.25) is 9.59 Å². The molecule has 1 aromatic rings. The van der Waals surface area contributed by atoms with Gasteiger partial charge in [0.1, 0.15) is 12.6 Å². The number of benzene rings is 1. The molecule has 3 rings (SSSR count). The van der Waals surface area contributed by atoms with Crippen LogP contribution in [0.3, 0.4) is 0 Å². The Morgan fingerprint density at radius 2 is 2.05 bits per heavy atom. The number of hydrogen-bond acceptors (Lipinski definition) is 3. The number of amides is 2. The first-order valence-electron chi connectivity index (χ1n) is 7.05. The maximum Gasteiger partial charge on any atom is 0.246 e. The lowest BCUT2D eigenvalue weighted by molar-refractivity contribution is -0.154. The molecule has 106 valence electrons. The van der Waals surface area contributed by atoms with Gasteiger partial charge in [0.05, 0.1) is 0 Å². The molecule has 2 heterocycles. The number of hydrogen-bond donors (Lipinski definition) is 1. The van der Waals surface area contributed by atoms with Gasteiger partial charge in [0, 0.05) is 19.6 Å². The predicted octanol–water partition coefficient (Wildman–Crippen LogP) is 0.478. The van der Waals surface area contributed by atoms with Crippen LogP contribution in [0.2, 0.25) is 0 Å². The molecule has 0 aromatic heterocycles. The average molecular weight is 273 g/mol. The zero-order valence-corrected chi connectivity index (χ0v) is 11.4. The fourth-order valence-electron chi connectivity index (χ4n) is 3.07. The van der Waals surface area contributed by atoms with E-state index in [-0.39, 0.29) is 24.4 Å². The molecule has 5 heteroatoms. The molecule has 2 saturated heterocycles. The van der Waals surface area contributed by atoms with Crippen molar-refractivity contribution < 1.29 is 9.59 Å². The van der Waals surface area contributed by atoms with Gasteiger partial charge in [-0.1, -0.05) is 24.3 Å². The minimum atomic E-state index is -0.228. The fraction of sp³-hybridized carbons (Fsp3) is 0.467. The van der Waals surface area contributed by atoms with Crippen molar-refractivity contribution in [3.05, 3.63) is 35.4 Å². The van der Waals surface area contributed by atoms with Gasteiger partial charge in [-0.2, -0.15) is 0 Å². The average Bonchev–Trinajstić information content (AvgIpc) is 2.95. The third kappa shape index (κ3) is 2.29. The number of nitrogens with two attached hydrogens (primary N) is 1. The van der Waals surface area contributed by atoms with Gasteiger partial charge in [0.15, 0.2) is 0 Å². The van der Waals surface area contributed by atoms with Crippen molar-refractivity contribution in [3.8, 4) is 0 Å². The number of fused-ring (bicyclic) bond motifs is 1. The maximum atomic E-state index is 12.4. The molecule has 0 spiro atoms. The van der Waals surface area contributed by atoms with Crippen LogP contribution in [0, 0.1) is 0 Å². The van der Waals surface area contributed by atoms with Gasteiger partial charge in [-0.25, -0.2) is 0 Å². The van der Waals surface area contributed by atoms with E-state index >= 15 is 0 Å². The molecule has 2 aliphatic rings. The van der Waals surface area contributed by atoms with Gasteiger partial charge in [-0.15, -0.1) is 0 Å². The standard InChI is InChI=1S/C15H19N3O2/c16-8-11-3-1-4-12(7-11)9-17-10-14(19)18-6-2-5-13(18)15(17)20/h1,3-4,7,13H,2,5-6,8-10,16H2. The molecule has 5 nitrogen and oxygen atoms in total. The molecule has 1 atom stereocenters. The Hall–Kier alpha value is -1.88. The second-order valence-electron chi connectivity index (χ2n) is 5.46. The summed E-state index contributed by atoms with van der Waals surface area (Å²) in [6, 6.07) is 7.64. The van der Waals surface area contributed by atoms with Crippen LogP contribution < -0.4 is 5.73 Å². The summed E-state index contributed by atoms with van der Waals surface area (Å²) >= 11 is 0. The van der Waals surface area contributed by atoms with Gasteiger partial charge in [0.25, 0.3) is 0 Å². The first-order valence-corrected chi connectivity index (χ1v) is 7.05. The van der Waals surface area contributed by atoms with Crippen molar-refractivity contribution in [2.75, 3.05) is 13.1 Å². The molecule has 0 radical (unpaired) electrons. The Bertz CT molecular complexity index is 544. The van der Waals surface area contributed by atoms with Crippen LogP contribution in [0.25, 0.3) is 0 Å². The van der Waals surface area contributed by atoms with Crippen LogP contribution in [0.15, 0.2) is 24.3 Å². The van der Waals surface area contributed by atoms with E-state index in [0.29, 0.717) is 13.1 Å². The lowest BCUT2D eigenvalue weighted by Gasteiger charge is -2.36. The molecule has 2 N–H and O–H groups in total. The van der Waals surface area contributed by atoms with E-state index in [1.807, 2.05) is 24.3 Å². The summed E-state index contributed by atoms with van der Waals surface area (Å²) in [6.07, 6.45) is 1.72. The summed E-state index contributed by atoms with van der Waals surface area (Å²) < 4.78 is 0.